The third-order valence-corrected chi connectivity index (χ3v) is 9.14. The summed E-state index contributed by atoms with van der Waals surface area (Å²) in [6.45, 7) is 8.89. The topological polar surface area (TPSA) is 306 Å². The van der Waals surface area contributed by atoms with E-state index in [9.17, 15) is 74.4 Å². The standard InChI is InChI=1S/C12H18NO2.C11H8FNO4.C9H9FO2.C9H16N3O3.C7H5FO2.C4H8O2.C2H4O2.BF3.FH.H2O/c1-5-15-12(14)10-6-8-11(9-7-10)13(2,3)4;12-8-3-1-7(2-4-8)11(16)17-13-9(14)5-6-10(13)15;1-2-12-9(11)7-3-5-8(10)6-4-7;1-10(2)9(11(3)4)15-12-7(13)5-6-8(12)14;8-6-3-1-5(2-4-6)7(9)10;1-3-6-4(2)5;1-2(3)4;2-1(3)4;;/h6-9H,5H2,1-4H3;1-4H,5-6H2;3-6H,2H2,1H3;5-6H2,1-4H3;1-4H,(H,9,10);3H2,1-2H3;1H3,(H,3,4);;1H;1H2/q+1;;;+1;;;;;;/p-4/i;12-1;10-1;;8-1;;;;;. The van der Waals surface area contributed by atoms with Crippen LogP contribution in [0.4, 0.5) is 31.8 Å². The highest BCUT2D eigenvalue weighted by Crippen LogP contribution is 2.18. The second-order valence-corrected chi connectivity index (χ2v) is 17.2. The molecule has 0 saturated carbocycles. The van der Waals surface area contributed by atoms with Crippen molar-refractivity contribution in [1.29, 1.82) is 0 Å². The van der Waals surface area contributed by atoms with Crippen LogP contribution in [0.15, 0.2) is 97.1 Å². The Kier molecular flexibility index (Phi) is 42.0. The maximum atomic E-state index is 12.6. The Labute approximate surface area is 486 Å². The number of carbonyl (C=O) groups excluding carboxylic acids is 10. The highest BCUT2D eigenvalue weighted by molar-refractivity contribution is 6.33. The van der Waals surface area contributed by atoms with E-state index < -0.39 is 54.9 Å². The van der Waals surface area contributed by atoms with Crippen LogP contribution < -0.4 is 19.4 Å². The van der Waals surface area contributed by atoms with Crippen LogP contribution >= 0.6 is 0 Å². The minimum absolute atomic E-state index is 0. The van der Waals surface area contributed by atoms with E-state index in [4.69, 9.17) is 24.2 Å². The molecular formula is C54H67BF7N5O18-2. The highest BCUT2D eigenvalue weighted by atomic mass is 19.4. The summed E-state index contributed by atoms with van der Waals surface area (Å²) < 4.78 is 82.6. The van der Waals surface area contributed by atoms with Crippen LogP contribution in [0, 0.1) is 17.5 Å². The van der Waals surface area contributed by atoms with Crippen molar-refractivity contribution in [2.24, 2.45) is 0 Å². The average Bonchev–Trinajstić information content (AvgIpc) is 3.97. The van der Waals surface area contributed by atoms with Crippen molar-refractivity contribution in [3.63, 3.8) is 0 Å². The fourth-order valence-electron chi connectivity index (χ4n) is 5.53. The molecule has 2 fully saturated rings. The van der Waals surface area contributed by atoms with Gasteiger partial charge in [-0.2, -0.15) is 0 Å². The number of halogens is 7. The van der Waals surface area contributed by atoms with Gasteiger partial charge < -0.3 is 49.0 Å². The zero-order valence-electron chi connectivity index (χ0n) is 48.5. The second-order valence-electron chi connectivity index (χ2n) is 17.2. The molecular weight excluding hydrogens is 1150 g/mol. The number of ether oxygens (including phenoxy) is 3. The zero-order chi connectivity index (χ0) is 64.2. The Hall–Kier alpha value is -9.26. The van der Waals surface area contributed by atoms with E-state index in [0.717, 1.165) is 58.6 Å². The summed E-state index contributed by atoms with van der Waals surface area (Å²) in [5.41, 5.74) is 2.19. The number of imide groups is 2. The number of nitrogens with zero attached hydrogens (tertiary/aromatic N) is 5. The van der Waals surface area contributed by atoms with Crippen LogP contribution in [0.3, 0.4) is 0 Å². The molecule has 2 saturated heterocycles. The van der Waals surface area contributed by atoms with Crippen molar-refractivity contribution in [2.45, 2.75) is 60.3 Å². The number of hydrogen-bond acceptors (Lipinski definition) is 18. The van der Waals surface area contributed by atoms with Gasteiger partial charge >= 0.3 is 37.4 Å². The molecule has 0 spiro atoms. The van der Waals surface area contributed by atoms with Gasteiger partial charge in [-0.1, -0.05) is 17.2 Å². The number of carboxylic acid groups (broad SMARTS) is 2. The quantitative estimate of drug-likeness (QED) is 0.0250. The van der Waals surface area contributed by atoms with E-state index in [1.54, 1.807) is 70.6 Å². The number of aromatic carboxylic acids is 1. The summed E-state index contributed by atoms with van der Waals surface area (Å²) >= 11 is 0. The Balaban J connectivity index is -0.000000457. The highest BCUT2D eigenvalue weighted by Gasteiger charge is 2.35. The molecule has 0 atom stereocenters. The number of benzene rings is 4. The Morgan fingerprint density at radius 1 is 0.541 bits per heavy atom. The van der Waals surface area contributed by atoms with Gasteiger partial charge in [-0.3, -0.25) is 46.2 Å². The molecule has 4 aromatic carbocycles. The van der Waals surface area contributed by atoms with Gasteiger partial charge in [-0.05, 0) is 118 Å². The molecule has 0 aliphatic carbocycles. The largest absolute Gasteiger partial charge is 1.00 e. The molecule has 6 rings (SSSR count). The first-order chi connectivity index (χ1) is 38.6. The Bertz CT molecular complexity index is 2730. The van der Waals surface area contributed by atoms with Gasteiger partial charge in [-0.25, -0.2) is 37.0 Å². The third kappa shape index (κ3) is 36.7. The number of aliphatic carboxylic acids is 1. The van der Waals surface area contributed by atoms with Crippen LogP contribution in [-0.4, -0.2) is 167 Å². The summed E-state index contributed by atoms with van der Waals surface area (Å²) in [6.07, 6.45) is 0.533. The molecule has 2 aliphatic heterocycles. The zero-order valence-corrected chi connectivity index (χ0v) is 48.5. The third-order valence-electron chi connectivity index (χ3n) is 9.14. The minimum Gasteiger partial charge on any atom is -1.00 e. The number of carbonyl (C=O) groups is 10. The number of rotatable bonds is 10. The number of esters is 3. The predicted octanol–water partition coefficient (Wildman–Crippen LogP) is 1.59. The fraction of sp³-hybridized carbons (Fsp3) is 0.352. The van der Waals surface area contributed by atoms with Crippen LogP contribution in [0.5, 0.6) is 0 Å². The summed E-state index contributed by atoms with van der Waals surface area (Å²) in [4.78, 5) is 119. The average molecular weight is 1210 g/mol. The van der Waals surface area contributed by atoms with Crippen molar-refractivity contribution < 1.29 is 123 Å². The SMILES string of the molecule is CC(=O)[O-].CCOC(=O)c1ccc([18F])cc1.CCOC(=O)c1ccc([N+](C)(C)C)cc1.CCOC(C)=O.CN(C)C(ON1C(=O)CCC1=O)=[N+](C)C.FB(F)F.O=C(ON1C(=O)CCC1=O)c1ccc([18F])cc1.O=C([O-])c1ccc([18F])cc1.[F-].[OH-]. The van der Waals surface area contributed by atoms with Gasteiger partial charge in [0.1, 0.15) is 23.1 Å². The molecule has 0 radical (unpaired) electrons. The monoisotopic (exact) mass is 1210 g/mol. The lowest BCUT2D eigenvalue weighted by Crippen LogP contribution is -3.00. The lowest BCUT2D eigenvalue weighted by molar-refractivity contribution is -0.484. The van der Waals surface area contributed by atoms with Gasteiger partial charge in [0, 0.05) is 38.6 Å². The van der Waals surface area contributed by atoms with Gasteiger partial charge in [0.2, 0.25) is 0 Å². The van der Waals surface area contributed by atoms with Crippen LogP contribution in [-0.2, 0) is 52.7 Å². The van der Waals surface area contributed by atoms with E-state index in [1.165, 1.54) is 43.3 Å². The van der Waals surface area contributed by atoms with Crippen LogP contribution in [0.2, 0.25) is 0 Å². The van der Waals surface area contributed by atoms with Crippen molar-refractivity contribution in [1.82, 2.24) is 19.5 Å². The first-order valence-corrected chi connectivity index (χ1v) is 24.4. The van der Waals surface area contributed by atoms with Crippen molar-refractivity contribution in [2.75, 3.05) is 69.2 Å². The predicted molar refractivity (Wildman–Crippen MR) is 285 cm³/mol. The van der Waals surface area contributed by atoms with E-state index in [-0.39, 0.29) is 76.6 Å². The number of quaternary nitrogens is 1. The van der Waals surface area contributed by atoms with Gasteiger partial charge in [0.05, 0.1) is 91.8 Å². The maximum Gasteiger partial charge on any atom is 0.762 e. The molecule has 1 N–H and O–H groups in total. The van der Waals surface area contributed by atoms with E-state index >= 15 is 0 Å². The number of carboxylic acids is 2. The molecule has 85 heavy (non-hydrogen) atoms. The molecule has 470 valence electrons. The molecule has 0 unspecified atom stereocenters. The Morgan fingerprint density at radius 2 is 0.812 bits per heavy atom. The summed E-state index contributed by atoms with van der Waals surface area (Å²) in [5, 5.41) is 20.2. The summed E-state index contributed by atoms with van der Waals surface area (Å²) in [6, 6.07) is 22.3. The molecule has 31 heteroatoms. The molecule has 2 heterocycles. The van der Waals surface area contributed by atoms with Crippen molar-refractivity contribution in [3.05, 3.63) is 137 Å². The van der Waals surface area contributed by atoms with E-state index in [2.05, 4.69) is 30.7 Å². The maximum absolute atomic E-state index is 12.6. The number of hydrogen-bond donors (Lipinski definition) is 0. The van der Waals surface area contributed by atoms with Crippen molar-refractivity contribution >= 4 is 78.7 Å². The fourth-order valence-corrected chi connectivity index (χ4v) is 5.53. The van der Waals surface area contributed by atoms with E-state index in [1.807, 2.05) is 12.1 Å². The summed E-state index contributed by atoms with van der Waals surface area (Å²) in [7, 11) is 9.69. The van der Waals surface area contributed by atoms with E-state index in [0.29, 0.717) is 42.0 Å². The lowest BCUT2D eigenvalue weighted by Gasteiger charge is -2.23. The van der Waals surface area contributed by atoms with Gasteiger partial charge in [0.25, 0.3) is 23.6 Å². The first-order valence-electron chi connectivity index (χ1n) is 24.4. The molecule has 0 aromatic heterocycles. The number of amides is 4. The molecule has 4 amide bonds. The Morgan fingerprint density at radius 3 is 1.05 bits per heavy atom. The lowest BCUT2D eigenvalue weighted by atomic mass is 10.2. The molecule has 2 aliphatic rings. The van der Waals surface area contributed by atoms with Crippen molar-refractivity contribution in [3.8, 4) is 0 Å². The van der Waals surface area contributed by atoms with Crippen LogP contribution in [0.1, 0.15) is 102 Å². The summed E-state index contributed by atoms with van der Waals surface area (Å²) in [5.74, 6) is -7.12. The number of hydroxylamine groups is 4. The minimum atomic E-state index is -3.67. The molecule has 23 nitrogen and oxygen atoms in total. The normalized spacial score (nSPS) is 11.4. The van der Waals surface area contributed by atoms with Gasteiger partial charge in [0.15, 0.2) is 0 Å². The van der Waals surface area contributed by atoms with Crippen LogP contribution in [0.25, 0.3) is 0 Å². The van der Waals surface area contributed by atoms with Gasteiger partial charge in [-0.15, -0.1) is 5.06 Å². The smallest absolute Gasteiger partial charge is 0.762 e. The molecule has 4 aromatic rings. The first kappa shape index (κ1) is 82.2. The molecule has 0 bridgehead atoms. The number of amidine groups is 1. The second kappa shape index (κ2) is 43.4.